The quantitative estimate of drug-likeness (QED) is 0.628. The lowest BCUT2D eigenvalue weighted by molar-refractivity contribution is 0.101. The number of carbonyl (C=O) groups excluding carboxylic acids is 2. The first kappa shape index (κ1) is 17.6. The summed E-state index contributed by atoms with van der Waals surface area (Å²) in [4.78, 5) is 28.0. The number of para-hydroxylation sites is 1. The molecule has 130 valence electrons. The SMILES string of the molecule is CC(=O)c1cccc(NC(=O)c2ccc(Nc3ccccc3Cl)nc2)c1. The first-order chi connectivity index (χ1) is 12.5. The van der Waals surface area contributed by atoms with Gasteiger partial charge in [0.05, 0.1) is 16.3 Å². The van der Waals surface area contributed by atoms with Crippen molar-refractivity contribution in [3.8, 4) is 0 Å². The third-order valence-corrected chi connectivity index (χ3v) is 4.02. The predicted molar refractivity (Wildman–Crippen MR) is 103 cm³/mol. The summed E-state index contributed by atoms with van der Waals surface area (Å²) in [5.74, 6) is 0.216. The highest BCUT2D eigenvalue weighted by molar-refractivity contribution is 6.33. The fourth-order valence-corrected chi connectivity index (χ4v) is 2.50. The van der Waals surface area contributed by atoms with E-state index in [0.717, 1.165) is 5.69 Å². The van der Waals surface area contributed by atoms with Crippen molar-refractivity contribution in [2.24, 2.45) is 0 Å². The summed E-state index contributed by atoms with van der Waals surface area (Å²) in [5, 5.41) is 6.44. The Labute approximate surface area is 156 Å². The molecule has 0 aliphatic heterocycles. The number of nitrogens with zero attached hydrogens (tertiary/aromatic N) is 1. The molecular formula is C20H16ClN3O2. The normalized spacial score (nSPS) is 10.2. The Hall–Kier alpha value is -3.18. The van der Waals surface area contributed by atoms with E-state index in [9.17, 15) is 9.59 Å². The first-order valence-corrected chi connectivity index (χ1v) is 8.31. The summed E-state index contributed by atoms with van der Waals surface area (Å²) < 4.78 is 0. The minimum absolute atomic E-state index is 0.0576. The molecule has 0 saturated carbocycles. The number of benzene rings is 2. The molecule has 3 rings (SSSR count). The van der Waals surface area contributed by atoms with Crippen LogP contribution in [-0.4, -0.2) is 16.7 Å². The van der Waals surface area contributed by atoms with E-state index in [2.05, 4.69) is 15.6 Å². The van der Waals surface area contributed by atoms with E-state index >= 15 is 0 Å². The van der Waals surface area contributed by atoms with E-state index in [-0.39, 0.29) is 11.7 Å². The lowest BCUT2D eigenvalue weighted by Gasteiger charge is -2.09. The molecule has 5 nitrogen and oxygen atoms in total. The zero-order valence-electron chi connectivity index (χ0n) is 14.0. The average Bonchev–Trinajstić information content (AvgIpc) is 2.64. The maximum Gasteiger partial charge on any atom is 0.257 e. The van der Waals surface area contributed by atoms with Gasteiger partial charge < -0.3 is 10.6 Å². The predicted octanol–water partition coefficient (Wildman–Crippen LogP) is 4.93. The summed E-state index contributed by atoms with van der Waals surface area (Å²) >= 11 is 6.10. The van der Waals surface area contributed by atoms with Crippen LogP contribution in [0.25, 0.3) is 0 Å². The fraction of sp³-hybridized carbons (Fsp3) is 0.0500. The van der Waals surface area contributed by atoms with E-state index in [1.807, 2.05) is 18.2 Å². The van der Waals surface area contributed by atoms with Gasteiger partial charge in [-0.1, -0.05) is 35.9 Å². The third kappa shape index (κ3) is 4.26. The molecule has 1 heterocycles. The zero-order chi connectivity index (χ0) is 18.5. The van der Waals surface area contributed by atoms with Crippen molar-refractivity contribution in [2.75, 3.05) is 10.6 Å². The van der Waals surface area contributed by atoms with Crippen LogP contribution in [0.2, 0.25) is 5.02 Å². The molecule has 0 spiro atoms. The molecule has 0 atom stereocenters. The summed E-state index contributed by atoms with van der Waals surface area (Å²) in [5.41, 5.74) is 2.24. The summed E-state index contributed by atoms with van der Waals surface area (Å²) in [6.45, 7) is 1.48. The second-order valence-corrected chi connectivity index (χ2v) is 6.04. The molecule has 0 aliphatic rings. The zero-order valence-corrected chi connectivity index (χ0v) is 14.7. The third-order valence-electron chi connectivity index (χ3n) is 3.69. The molecule has 6 heteroatoms. The van der Waals surface area contributed by atoms with Crippen LogP contribution in [0, 0.1) is 0 Å². The number of hydrogen-bond donors (Lipinski definition) is 2. The van der Waals surface area contributed by atoms with Crippen LogP contribution < -0.4 is 10.6 Å². The molecule has 0 fully saturated rings. The Kier molecular flexibility index (Phi) is 5.29. The molecule has 0 saturated heterocycles. The first-order valence-electron chi connectivity index (χ1n) is 7.93. The van der Waals surface area contributed by atoms with Crippen molar-refractivity contribution in [3.63, 3.8) is 0 Å². The van der Waals surface area contributed by atoms with Gasteiger partial charge in [0.1, 0.15) is 5.82 Å². The second-order valence-electron chi connectivity index (χ2n) is 5.63. The van der Waals surface area contributed by atoms with Crippen molar-refractivity contribution in [1.82, 2.24) is 4.98 Å². The van der Waals surface area contributed by atoms with Gasteiger partial charge in [-0.15, -0.1) is 0 Å². The molecule has 2 N–H and O–H groups in total. The smallest absolute Gasteiger partial charge is 0.257 e. The Morgan fingerprint density at radius 2 is 1.77 bits per heavy atom. The van der Waals surface area contributed by atoms with Crippen LogP contribution in [-0.2, 0) is 0 Å². The number of pyridine rings is 1. The summed E-state index contributed by atoms with van der Waals surface area (Å²) in [6, 6.07) is 17.5. The molecule has 0 aliphatic carbocycles. The average molecular weight is 366 g/mol. The van der Waals surface area contributed by atoms with Gasteiger partial charge in [0.2, 0.25) is 0 Å². The molecule has 26 heavy (non-hydrogen) atoms. The topological polar surface area (TPSA) is 71.1 Å². The number of amides is 1. The lowest BCUT2D eigenvalue weighted by atomic mass is 10.1. The highest BCUT2D eigenvalue weighted by Gasteiger charge is 2.09. The maximum atomic E-state index is 12.3. The Balaban J connectivity index is 1.70. The van der Waals surface area contributed by atoms with Gasteiger partial charge in [-0.05, 0) is 43.3 Å². The number of aromatic nitrogens is 1. The van der Waals surface area contributed by atoms with Crippen LogP contribution in [0.15, 0.2) is 66.9 Å². The van der Waals surface area contributed by atoms with E-state index < -0.39 is 0 Å². The van der Waals surface area contributed by atoms with Crippen molar-refractivity contribution in [1.29, 1.82) is 0 Å². The van der Waals surface area contributed by atoms with Crippen molar-refractivity contribution < 1.29 is 9.59 Å². The van der Waals surface area contributed by atoms with Gasteiger partial charge in [-0.2, -0.15) is 0 Å². The summed E-state index contributed by atoms with van der Waals surface area (Å²) in [6.07, 6.45) is 1.48. The van der Waals surface area contributed by atoms with Gasteiger partial charge in [0.15, 0.2) is 5.78 Å². The Morgan fingerprint density at radius 1 is 0.962 bits per heavy atom. The van der Waals surface area contributed by atoms with E-state index in [1.165, 1.54) is 13.1 Å². The number of Topliss-reactive ketones (excluding diaryl/α,β-unsaturated/α-hetero) is 1. The minimum atomic E-state index is -0.303. The monoisotopic (exact) mass is 365 g/mol. The molecule has 0 unspecified atom stereocenters. The molecular weight excluding hydrogens is 350 g/mol. The Bertz CT molecular complexity index is 955. The number of nitrogens with one attached hydrogen (secondary N) is 2. The van der Waals surface area contributed by atoms with Gasteiger partial charge >= 0.3 is 0 Å². The van der Waals surface area contributed by atoms with Gasteiger partial charge in [0, 0.05) is 17.4 Å². The number of hydrogen-bond acceptors (Lipinski definition) is 4. The van der Waals surface area contributed by atoms with Crippen LogP contribution >= 0.6 is 11.6 Å². The molecule has 0 bridgehead atoms. The molecule has 1 aromatic heterocycles. The largest absolute Gasteiger partial charge is 0.339 e. The van der Waals surface area contributed by atoms with Gasteiger partial charge in [-0.25, -0.2) is 4.98 Å². The van der Waals surface area contributed by atoms with Gasteiger partial charge in [0.25, 0.3) is 5.91 Å². The van der Waals surface area contributed by atoms with Gasteiger partial charge in [-0.3, -0.25) is 9.59 Å². The number of rotatable bonds is 5. The van der Waals surface area contributed by atoms with E-state index in [0.29, 0.717) is 27.7 Å². The van der Waals surface area contributed by atoms with Crippen molar-refractivity contribution in [3.05, 3.63) is 83.0 Å². The Morgan fingerprint density at radius 3 is 2.46 bits per heavy atom. The number of carbonyl (C=O) groups is 2. The molecule has 1 amide bonds. The van der Waals surface area contributed by atoms with Crippen LogP contribution in [0.1, 0.15) is 27.6 Å². The van der Waals surface area contributed by atoms with Crippen LogP contribution in [0.5, 0.6) is 0 Å². The number of anilines is 3. The molecule has 3 aromatic rings. The van der Waals surface area contributed by atoms with Crippen molar-refractivity contribution >= 4 is 40.5 Å². The van der Waals surface area contributed by atoms with E-state index in [1.54, 1.807) is 42.5 Å². The second kappa shape index (κ2) is 7.80. The van der Waals surface area contributed by atoms with Crippen molar-refractivity contribution in [2.45, 2.75) is 6.92 Å². The molecule has 2 aromatic carbocycles. The maximum absolute atomic E-state index is 12.3. The highest BCUT2D eigenvalue weighted by atomic mass is 35.5. The number of halogens is 1. The summed E-state index contributed by atoms with van der Waals surface area (Å²) in [7, 11) is 0. The lowest BCUT2D eigenvalue weighted by Crippen LogP contribution is -2.12. The van der Waals surface area contributed by atoms with E-state index in [4.69, 9.17) is 11.6 Å². The minimum Gasteiger partial charge on any atom is -0.339 e. The van der Waals surface area contributed by atoms with Crippen LogP contribution in [0.4, 0.5) is 17.2 Å². The van der Waals surface area contributed by atoms with Crippen LogP contribution in [0.3, 0.4) is 0 Å². The number of ketones is 1. The standard InChI is InChI=1S/C20H16ClN3O2/c1-13(25)14-5-4-6-16(11-14)23-20(26)15-9-10-19(22-12-15)24-18-8-3-2-7-17(18)21/h2-12H,1H3,(H,22,24)(H,23,26). The fourth-order valence-electron chi connectivity index (χ4n) is 2.32. The molecule has 0 radical (unpaired) electrons. The highest BCUT2D eigenvalue weighted by Crippen LogP contribution is 2.24.